The molecule has 0 heterocycles. The van der Waals surface area contributed by atoms with Crippen LogP contribution in [-0.2, 0) is 4.79 Å². The molecule has 16 heavy (non-hydrogen) atoms. The van der Waals surface area contributed by atoms with Crippen LogP contribution in [0.25, 0.3) is 6.08 Å². The maximum Gasteiger partial charge on any atom is 0.328 e. The van der Waals surface area contributed by atoms with Crippen LogP contribution in [-0.4, -0.2) is 17.2 Å². The van der Waals surface area contributed by atoms with Gasteiger partial charge in [-0.2, -0.15) is 0 Å². The maximum absolute atomic E-state index is 13.1. The lowest BCUT2D eigenvalue weighted by molar-refractivity contribution is -0.131. The molecule has 4 heteroatoms. The predicted molar refractivity (Wildman–Crippen MR) is 58.8 cm³/mol. The molecule has 3 nitrogen and oxygen atoms in total. The number of aliphatic carboxylic acids is 1. The number of rotatable bonds is 4. The molecule has 0 saturated heterocycles. The SMILES string of the molecule is CC(C)Oc1cc(F)cc(/C=C/C(=O)O)c1. The van der Waals surface area contributed by atoms with Crippen LogP contribution in [0, 0.1) is 5.82 Å². The van der Waals surface area contributed by atoms with E-state index in [0.29, 0.717) is 11.3 Å². The lowest BCUT2D eigenvalue weighted by Crippen LogP contribution is -2.05. The normalized spacial score (nSPS) is 11.0. The van der Waals surface area contributed by atoms with Crippen LogP contribution < -0.4 is 4.74 Å². The summed E-state index contributed by atoms with van der Waals surface area (Å²) in [5, 5.41) is 8.45. The van der Waals surface area contributed by atoms with Crippen molar-refractivity contribution in [1.29, 1.82) is 0 Å². The van der Waals surface area contributed by atoms with E-state index in [1.54, 1.807) is 6.07 Å². The first-order chi connectivity index (χ1) is 7.47. The molecular weight excluding hydrogens is 211 g/mol. The highest BCUT2D eigenvalue weighted by molar-refractivity contribution is 5.85. The van der Waals surface area contributed by atoms with E-state index >= 15 is 0 Å². The molecule has 1 N–H and O–H groups in total. The summed E-state index contributed by atoms with van der Waals surface area (Å²) >= 11 is 0. The third-order valence-corrected chi connectivity index (χ3v) is 1.68. The van der Waals surface area contributed by atoms with Crippen molar-refractivity contribution in [3.05, 3.63) is 35.7 Å². The number of hydrogen-bond acceptors (Lipinski definition) is 2. The van der Waals surface area contributed by atoms with E-state index in [1.807, 2.05) is 13.8 Å². The molecule has 0 amide bonds. The van der Waals surface area contributed by atoms with Crippen molar-refractivity contribution in [2.24, 2.45) is 0 Å². The Hall–Kier alpha value is -1.84. The highest BCUT2D eigenvalue weighted by Crippen LogP contribution is 2.18. The second-order valence-corrected chi connectivity index (χ2v) is 3.56. The third-order valence-electron chi connectivity index (χ3n) is 1.68. The van der Waals surface area contributed by atoms with Crippen molar-refractivity contribution >= 4 is 12.0 Å². The summed E-state index contributed by atoms with van der Waals surface area (Å²) in [4.78, 5) is 10.3. The average molecular weight is 224 g/mol. The van der Waals surface area contributed by atoms with Gasteiger partial charge in [0.2, 0.25) is 0 Å². The maximum atomic E-state index is 13.1. The molecule has 0 saturated carbocycles. The van der Waals surface area contributed by atoms with Gasteiger partial charge in [-0.25, -0.2) is 9.18 Å². The van der Waals surface area contributed by atoms with E-state index in [1.165, 1.54) is 18.2 Å². The minimum atomic E-state index is -1.07. The Kier molecular flexibility index (Phi) is 4.05. The molecule has 0 aliphatic rings. The fourth-order valence-electron chi connectivity index (χ4n) is 1.19. The van der Waals surface area contributed by atoms with E-state index in [0.717, 1.165) is 6.08 Å². The van der Waals surface area contributed by atoms with Crippen molar-refractivity contribution in [1.82, 2.24) is 0 Å². The number of benzene rings is 1. The number of carboxylic acids is 1. The largest absolute Gasteiger partial charge is 0.491 e. The summed E-state index contributed by atoms with van der Waals surface area (Å²) in [6.07, 6.45) is 2.21. The van der Waals surface area contributed by atoms with Gasteiger partial charge in [0, 0.05) is 12.1 Å². The highest BCUT2D eigenvalue weighted by atomic mass is 19.1. The molecule has 0 fully saturated rings. The highest BCUT2D eigenvalue weighted by Gasteiger charge is 2.02. The Labute approximate surface area is 93.2 Å². The molecule has 0 aliphatic heterocycles. The van der Waals surface area contributed by atoms with Crippen molar-refractivity contribution < 1.29 is 19.0 Å². The number of halogens is 1. The summed E-state index contributed by atoms with van der Waals surface area (Å²) in [5.74, 6) is -1.14. The molecule has 0 spiro atoms. The molecule has 1 aromatic carbocycles. The summed E-state index contributed by atoms with van der Waals surface area (Å²) in [7, 11) is 0. The molecule has 0 unspecified atom stereocenters. The smallest absolute Gasteiger partial charge is 0.328 e. The van der Waals surface area contributed by atoms with Gasteiger partial charge in [0.05, 0.1) is 6.10 Å². The van der Waals surface area contributed by atoms with Gasteiger partial charge in [0.15, 0.2) is 0 Å². The van der Waals surface area contributed by atoms with E-state index < -0.39 is 11.8 Å². The van der Waals surface area contributed by atoms with E-state index in [4.69, 9.17) is 9.84 Å². The third kappa shape index (κ3) is 4.13. The molecule has 0 aromatic heterocycles. The quantitative estimate of drug-likeness (QED) is 0.800. The fourth-order valence-corrected chi connectivity index (χ4v) is 1.19. The number of carboxylic acid groups (broad SMARTS) is 1. The van der Waals surface area contributed by atoms with Crippen LogP contribution in [0.2, 0.25) is 0 Å². The van der Waals surface area contributed by atoms with E-state index in [-0.39, 0.29) is 6.10 Å². The summed E-state index contributed by atoms with van der Waals surface area (Å²) in [6.45, 7) is 3.66. The second kappa shape index (κ2) is 5.30. The molecule has 1 aromatic rings. The molecule has 86 valence electrons. The molecule has 0 radical (unpaired) electrons. The lowest BCUT2D eigenvalue weighted by Gasteiger charge is -2.10. The monoisotopic (exact) mass is 224 g/mol. The van der Waals surface area contributed by atoms with Gasteiger partial charge in [0.1, 0.15) is 11.6 Å². The zero-order valence-corrected chi connectivity index (χ0v) is 9.11. The van der Waals surface area contributed by atoms with Crippen LogP contribution in [0.5, 0.6) is 5.75 Å². The standard InChI is InChI=1S/C12H13FO3/c1-8(2)16-11-6-9(3-4-12(14)15)5-10(13)7-11/h3-8H,1-2H3,(H,14,15)/b4-3+. The van der Waals surface area contributed by atoms with Crippen molar-refractivity contribution in [2.75, 3.05) is 0 Å². The van der Waals surface area contributed by atoms with Gasteiger partial charge >= 0.3 is 5.97 Å². The molecule has 1 rings (SSSR count). The minimum Gasteiger partial charge on any atom is -0.491 e. The Morgan fingerprint density at radius 3 is 2.69 bits per heavy atom. The van der Waals surface area contributed by atoms with E-state index in [2.05, 4.69) is 0 Å². The Morgan fingerprint density at radius 2 is 2.12 bits per heavy atom. The minimum absolute atomic E-state index is 0.0573. The predicted octanol–water partition coefficient (Wildman–Crippen LogP) is 2.71. The van der Waals surface area contributed by atoms with Gasteiger partial charge in [-0.15, -0.1) is 0 Å². The van der Waals surface area contributed by atoms with Crippen LogP contribution in [0.4, 0.5) is 4.39 Å². The number of ether oxygens (including phenoxy) is 1. The van der Waals surface area contributed by atoms with Crippen LogP contribution in [0.3, 0.4) is 0 Å². The van der Waals surface area contributed by atoms with Crippen molar-refractivity contribution in [2.45, 2.75) is 20.0 Å². The fraction of sp³-hybridized carbons (Fsp3) is 0.250. The zero-order chi connectivity index (χ0) is 12.1. The van der Waals surface area contributed by atoms with Crippen LogP contribution in [0.15, 0.2) is 24.3 Å². The molecule has 0 atom stereocenters. The van der Waals surface area contributed by atoms with Gasteiger partial charge in [-0.1, -0.05) is 0 Å². The Morgan fingerprint density at radius 1 is 1.44 bits per heavy atom. The van der Waals surface area contributed by atoms with Crippen molar-refractivity contribution in [3.63, 3.8) is 0 Å². The summed E-state index contributed by atoms with van der Waals surface area (Å²) in [5.41, 5.74) is 0.457. The first-order valence-corrected chi connectivity index (χ1v) is 4.85. The van der Waals surface area contributed by atoms with E-state index in [9.17, 15) is 9.18 Å². The van der Waals surface area contributed by atoms with Gasteiger partial charge < -0.3 is 9.84 Å². The number of carbonyl (C=O) groups is 1. The first-order valence-electron chi connectivity index (χ1n) is 4.85. The summed E-state index contributed by atoms with van der Waals surface area (Å²) < 4.78 is 18.5. The average Bonchev–Trinajstić information content (AvgIpc) is 2.12. The molecule has 0 aliphatic carbocycles. The Balaban J connectivity index is 2.93. The van der Waals surface area contributed by atoms with Crippen LogP contribution in [0.1, 0.15) is 19.4 Å². The van der Waals surface area contributed by atoms with Gasteiger partial charge in [-0.3, -0.25) is 0 Å². The number of hydrogen-bond donors (Lipinski definition) is 1. The Bertz CT molecular complexity index is 411. The van der Waals surface area contributed by atoms with Crippen molar-refractivity contribution in [3.8, 4) is 5.75 Å². The first kappa shape index (κ1) is 12.2. The lowest BCUT2D eigenvalue weighted by atomic mass is 10.2. The van der Waals surface area contributed by atoms with Gasteiger partial charge in [0.25, 0.3) is 0 Å². The molecular formula is C12H13FO3. The second-order valence-electron chi connectivity index (χ2n) is 3.56. The summed E-state index contributed by atoms with van der Waals surface area (Å²) in [6, 6.07) is 4.09. The van der Waals surface area contributed by atoms with Crippen LogP contribution >= 0.6 is 0 Å². The van der Waals surface area contributed by atoms with Gasteiger partial charge in [-0.05, 0) is 37.6 Å². The molecule has 0 bridgehead atoms. The zero-order valence-electron chi connectivity index (χ0n) is 9.11. The topological polar surface area (TPSA) is 46.5 Å².